The molecule has 0 aliphatic carbocycles. The molecule has 1 aromatic carbocycles. The lowest BCUT2D eigenvalue weighted by molar-refractivity contribution is -0.140. The Morgan fingerprint density at radius 2 is 1.81 bits per heavy atom. The van der Waals surface area contributed by atoms with E-state index in [1.807, 2.05) is 35.2 Å². The normalized spacial score (nSPS) is 20.6. The summed E-state index contributed by atoms with van der Waals surface area (Å²) in [5.74, 6) is -0.129. The number of piperazine rings is 1. The van der Waals surface area contributed by atoms with Crippen LogP contribution in [0.1, 0.15) is 30.9 Å². The Kier molecular flexibility index (Phi) is 6.22. The van der Waals surface area contributed by atoms with Crippen molar-refractivity contribution in [3.63, 3.8) is 0 Å². The molecule has 2 saturated heterocycles. The van der Waals surface area contributed by atoms with Crippen molar-refractivity contribution < 1.29 is 19.1 Å². The van der Waals surface area contributed by atoms with Gasteiger partial charge in [-0.1, -0.05) is 30.3 Å². The predicted molar refractivity (Wildman–Crippen MR) is 95.2 cm³/mol. The standard InChI is InChI=1S/C19H25N3O4/c23-17-14-21(10-9-20-17)18(24)7-4-8-19(25)22-11-12-26-16(13-22)15-5-2-1-3-6-15/h1-3,5-6,16H,4,7-14H2,(H,20,23)/t16-/m1/s1. The van der Waals surface area contributed by atoms with Gasteiger partial charge in [0.15, 0.2) is 0 Å². The number of amides is 3. The summed E-state index contributed by atoms with van der Waals surface area (Å²) in [6.07, 6.45) is 1.05. The monoisotopic (exact) mass is 359 g/mol. The van der Waals surface area contributed by atoms with Crippen LogP contribution in [-0.2, 0) is 19.1 Å². The fourth-order valence-corrected chi connectivity index (χ4v) is 3.30. The van der Waals surface area contributed by atoms with Gasteiger partial charge in [-0.05, 0) is 12.0 Å². The SMILES string of the molecule is O=C1CN(C(=O)CCCC(=O)N2CCO[C@@H](c3ccccc3)C2)CCN1. The molecule has 2 aliphatic heterocycles. The lowest BCUT2D eigenvalue weighted by Gasteiger charge is -2.33. The number of ether oxygens (including phenoxy) is 1. The van der Waals surface area contributed by atoms with Crippen LogP contribution in [0.15, 0.2) is 30.3 Å². The van der Waals surface area contributed by atoms with E-state index in [9.17, 15) is 14.4 Å². The summed E-state index contributed by atoms with van der Waals surface area (Å²) in [5, 5.41) is 2.70. The Labute approximate surface area is 153 Å². The minimum absolute atomic E-state index is 0.0541. The van der Waals surface area contributed by atoms with Gasteiger partial charge in [0.2, 0.25) is 17.7 Å². The van der Waals surface area contributed by atoms with Crippen molar-refractivity contribution in [3.8, 4) is 0 Å². The first-order chi connectivity index (χ1) is 12.6. The molecule has 7 nitrogen and oxygen atoms in total. The minimum Gasteiger partial charge on any atom is -0.370 e. The minimum atomic E-state index is -0.124. The number of morpholine rings is 1. The van der Waals surface area contributed by atoms with E-state index in [4.69, 9.17) is 4.74 Å². The molecule has 26 heavy (non-hydrogen) atoms. The van der Waals surface area contributed by atoms with Gasteiger partial charge in [0.05, 0.1) is 19.7 Å². The zero-order valence-corrected chi connectivity index (χ0v) is 14.9. The third-order valence-corrected chi connectivity index (χ3v) is 4.76. The second-order valence-corrected chi connectivity index (χ2v) is 6.63. The third kappa shape index (κ3) is 4.82. The molecule has 7 heteroatoms. The summed E-state index contributed by atoms with van der Waals surface area (Å²) in [7, 11) is 0. The van der Waals surface area contributed by atoms with E-state index in [1.165, 1.54) is 0 Å². The number of nitrogens with zero attached hydrogens (tertiary/aromatic N) is 2. The summed E-state index contributed by atoms with van der Waals surface area (Å²) in [6, 6.07) is 9.90. The van der Waals surface area contributed by atoms with Gasteiger partial charge in [-0.3, -0.25) is 14.4 Å². The number of benzene rings is 1. The molecule has 2 heterocycles. The van der Waals surface area contributed by atoms with Crippen LogP contribution in [0.4, 0.5) is 0 Å². The number of hydrogen-bond donors (Lipinski definition) is 1. The molecular weight excluding hydrogens is 334 g/mol. The van der Waals surface area contributed by atoms with E-state index < -0.39 is 0 Å². The van der Waals surface area contributed by atoms with Gasteiger partial charge in [-0.2, -0.15) is 0 Å². The second-order valence-electron chi connectivity index (χ2n) is 6.63. The number of rotatable bonds is 5. The molecule has 0 radical (unpaired) electrons. The third-order valence-electron chi connectivity index (χ3n) is 4.76. The van der Waals surface area contributed by atoms with Crippen molar-refractivity contribution in [2.45, 2.75) is 25.4 Å². The number of hydrogen-bond acceptors (Lipinski definition) is 4. The highest BCUT2D eigenvalue weighted by Gasteiger charge is 2.26. The van der Waals surface area contributed by atoms with Gasteiger partial charge in [0.1, 0.15) is 6.10 Å². The molecule has 140 valence electrons. The topological polar surface area (TPSA) is 79.0 Å². The number of carbonyl (C=O) groups excluding carboxylic acids is 3. The van der Waals surface area contributed by atoms with Crippen molar-refractivity contribution in [1.29, 1.82) is 0 Å². The Morgan fingerprint density at radius 3 is 2.54 bits per heavy atom. The molecule has 0 saturated carbocycles. The van der Waals surface area contributed by atoms with E-state index in [1.54, 1.807) is 4.90 Å². The molecule has 1 aromatic rings. The van der Waals surface area contributed by atoms with Crippen LogP contribution in [0, 0.1) is 0 Å². The highest BCUT2D eigenvalue weighted by molar-refractivity contribution is 5.86. The van der Waals surface area contributed by atoms with Crippen LogP contribution in [0.25, 0.3) is 0 Å². The van der Waals surface area contributed by atoms with Gasteiger partial charge < -0.3 is 19.9 Å². The van der Waals surface area contributed by atoms with Crippen molar-refractivity contribution >= 4 is 17.7 Å². The summed E-state index contributed by atoms with van der Waals surface area (Å²) in [4.78, 5) is 39.3. The molecule has 1 N–H and O–H groups in total. The second kappa shape index (κ2) is 8.80. The van der Waals surface area contributed by atoms with Crippen LogP contribution < -0.4 is 5.32 Å². The van der Waals surface area contributed by atoms with E-state index in [0.29, 0.717) is 52.0 Å². The summed E-state index contributed by atoms with van der Waals surface area (Å²) >= 11 is 0. The van der Waals surface area contributed by atoms with E-state index in [-0.39, 0.29) is 30.4 Å². The molecule has 0 unspecified atom stereocenters. The molecule has 1 atom stereocenters. The zero-order valence-electron chi connectivity index (χ0n) is 14.9. The Morgan fingerprint density at radius 1 is 1.08 bits per heavy atom. The molecule has 0 bridgehead atoms. The van der Waals surface area contributed by atoms with Crippen molar-refractivity contribution in [1.82, 2.24) is 15.1 Å². The van der Waals surface area contributed by atoms with E-state index in [0.717, 1.165) is 5.56 Å². The maximum atomic E-state index is 12.5. The maximum absolute atomic E-state index is 12.5. The predicted octanol–water partition coefficient (Wildman–Crippen LogP) is 0.715. The van der Waals surface area contributed by atoms with Crippen molar-refractivity contribution in [3.05, 3.63) is 35.9 Å². The first-order valence-corrected chi connectivity index (χ1v) is 9.12. The van der Waals surface area contributed by atoms with Gasteiger partial charge in [0, 0.05) is 32.5 Å². The zero-order chi connectivity index (χ0) is 18.4. The molecule has 3 rings (SSSR count). The smallest absolute Gasteiger partial charge is 0.239 e. The maximum Gasteiger partial charge on any atom is 0.239 e. The Hall–Kier alpha value is -2.41. The lowest BCUT2D eigenvalue weighted by atomic mass is 10.1. The summed E-state index contributed by atoms with van der Waals surface area (Å²) in [6.45, 7) is 2.81. The average molecular weight is 359 g/mol. The fourth-order valence-electron chi connectivity index (χ4n) is 3.30. The Balaban J connectivity index is 1.43. The number of carbonyl (C=O) groups is 3. The van der Waals surface area contributed by atoms with Crippen LogP contribution in [0.5, 0.6) is 0 Å². The largest absolute Gasteiger partial charge is 0.370 e. The van der Waals surface area contributed by atoms with Crippen LogP contribution >= 0.6 is 0 Å². The van der Waals surface area contributed by atoms with Gasteiger partial charge in [-0.15, -0.1) is 0 Å². The van der Waals surface area contributed by atoms with E-state index in [2.05, 4.69) is 5.32 Å². The highest BCUT2D eigenvalue weighted by Crippen LogP contribution is 2.22. The van der Waals surface area contributed by atoms with Crippen LogP contribution in [-0.4, -0.2) is 66.9 Å². The number of nitrogens with one attached hydrogen (secondary N) is 1. The molecule has 2 aliphatic rings. The van der Waals surface area contributed by atoms with Crippen molar-refractivity contribution in [2.24, 2.45) is 0 Å². The summed E-state index contributed by atoms with van der Waals surface area (Å²) in [5.41, 5.74) is 1.07. The first kappa shape index (κ1) is 18.4. The van der Waals surface area contributed by atoms with Crippen LogP contribution in [0.2, 0.25) is 0 Å². The summed E-state index contributed by atoms with van der Waals surface area (Å²) < 4.78 is 5.78. The first-order valence-electron chi connectivity index (χ1n) is 9.12. The molecule has 3 amide bonds. The van der Waals surface area contributed by atoms with Gasteiger partial charge in [-0.25, -0.2) is 0 Å². The molecule has 0 spiro atoms. The molecular formula is C19H25N3O4. The van der Waals surface area contributed by atoms with Gasteiger partial charge >= 0.3 is 0 Å². The van der Waals surface area contributed by atoms with Crippen LogP contribution in [0.3, 0.4) is 0 Å². The van der Waals surface area contributed by atoms with Crippen molar-refractivity contribution in [2.75, 3.05) is 39.3 Å². The van der Waals surface area contributed by atoms with Gasteiger partial charge in [0.25, 0.3) is 0 Å². The Bertz CT molecular complexity index is 649. The lowest BCUT2D eigenvalue weighted by Crippen LogP contribution is -2.50. The highest BCUT2D eigenvalue weighted by atomic mass is 16.5. The fraction of sp³-hybridized carbons (Fsp3) is 0.526. The average Bonchev–Trinajstić information content (AvgIpc) is 2.68. The molecule has 0 aromatic heterocycles. The van der Waals surface area contributed by atoms with E-state index >= 15 is 0 Å². The quantitative estimate of drug-likeness (QED) is 0.840. The molecule has 2 fully saturated rings.